The van der Waals surface area contributed by atoms with Crippen LogP contribution in [0.1, 0.15) is 25.7 Å². The molecule has 0 spiro atoms. The number of hydrogen-bond donors (Lipinski definition) is 3. The van der Waals surface area contributed by atoms with Crippen LogP contribution in [0.4, 0.5) is 5.69 Å². The molecule has 1 aliphatic carbocycles. The summed E-state index contributed by atoms with van der Waals surface area (Å²) in [5.74, 6) is 1.20. The molecule has 3 unspecified atom stereocenters. The van der Waals surface area contributed by atoms with Gasteiger partial charge in [-0.3, -0.25) is 20.4 Å². The van der Waals surface area contributed by atoms with Gasteiger partial charge in [0, 0.05) is 31.6 Å². The lowest BCUT2D eigenvalue weighted by Crippen LogP contribution is -2.45. The van der Waals surface area contributed by atoms with Crippen LogP contribution in [0.5, 0.6) is 5.75 Å². The number of amides is 2. The van der Waals surface area contributed by atoms with E-state index < -0.39 is 0 Å². The lowest BCUT2D eigenvalue weighted by Gasteiger charge is -2.32. The van der Waals surface area contributed by atoms with Crippen LogP contribution < -0.4 is 25.8 Å². The first-order valence-electron chi connectivity index (χ1n) is 9.00. The Morgan fingerprint density at radius 3 is 3.12 bits per heavy atom. The van der Waals surface area contributed by atoms with Crippen molar-refractivity contribution in [1.29, 1.82) is 0 Å². The topological polar surface area (TPSA) is 82.7 Å². The third-order valence-electron chi connectivity index (χ3n) is 5.37. The average Bonchev–Trinajstić information content (AvgIpc) is 3.08. The summed E-state index contributed by atoms with van der Waals surface area (Å²) in [4.78, 5) is 26.1. The predicted octanol–water partition coefficient (Wildman–Crippen LogP) is 0.563. The van der Waals surface area contributed by atoms with Gasteiger partial charge in [0.1, 0.15) is 5.75 Å². The zero-order chi connectivity index (χ0) is 17.2. The lowest BCUT2D eigenvalue weighted by molar-refractivity contribution is -0.122. The summed E-state index contributed by atoms with van der Waals surface area (Å²) in [5.41, 5.74) is 7.24. The molecule has 0 aromatic heterocycles. The summed E-state index contributed by atoms with van der Waals surface area (Å²) in [6.45, 7) is 1.38. The van der Waals surface area contributed by atoms with Crippen molar-refractivity contribution >= 4 is 17.5 Å². The standard InChI is InChI=1S/C18H24N4O3/c23-17(20-13-5-6-14-12(9-13)10-19-21-14)7-8-22-15-3-1-2-4-16(15)25-11-18(22)24/h1-4,12-14,19,21H,5-11H2,(H,20,23). The highest BCUT2D eigenvalue weighted by atomic mass is 16.5. The number of rotatable bonds is 4. The molecule has 1 aromatic rings. The van der Waals surface area contributed by atoms with Crippen molar-refractivity contribution in [2.24, 2.45) is 5.92 Å². The number of carbonyl (C=O) groups excluding carboxylic acids is 2. The Morgan fingerprint density at radius 1 is 1.32 bits per heavy atom. The van der Waals surface area contributed by atoms with E-state index in [1.165, 1.54) is 0 Å². The summed E-state index contributed by atoms with van der Waals surface area (Å²) in [7, 11) is 0. The maximum Gasteiger partial charge on any atom is 0.265 e. The van der Waals surface area contributed by atoms with Crippen LogP contribution in [0.15, 0.2) is 24.3 Å². The van der Waals surface area contributed by atoms with Gasteiger partial charge in [0.2, 0.25) is 5.91 Å². The summed E-state index contributed by atoms with van der Waals surface area (Å²) < 4.78 is 5.43. The Balaban J connectivity index is 1.31. The molecule has 2 amide bonds. The molecule has 3 atom stereocenters. The molecule has 134 valence electrons. The molecule has 7 heteroatoms. The highest BCUT2D eigenvalue weighted by Gasteiger charge is 2.34. The molecule has 1 aromatic carbocycles. The van der Waals surface area contributed by atoms with E-state index in [2.05, 4.69) is 16.2 Å². The Morgan fingerprint density at radius 2 is 2.20 bits per heavy atom. The van der Waals surface area contributed by atoms with Gasteiger partial charge < -0.3 is 15.0 Å². The number of nitrogens with one attached hydrogen (secondary N) is 3. The van der Waals surface area contributed by atoms with Crippen molar-refractivity contribution in [2.75, 3.05) is 24.6 Å². The van der Waals surface area contributed by atoms with Gasteiger partial charge in [-0.2, -0.15) is 0 Å². The fourth-order valence-electron chi connectivity index (χ4n) is 4.04. The zero-order valence-corrected chi connectivity index (χ0v) is 14.2. The van der Waals surface area contributed by atoms with Gasteiger partial charge in [-0.1, -0.05) is 12.1 Å². The highest BCUT2D eigenvalue weighted by Crippen LogP contribution is 2.31. The van der Waals surface area contributed by atoms with Gasteiger partial charge in [-0.25, -0.2) is 0 Å². The fraction of sp³-hybridized carbons (Fsp3) is 0.556. The van der Waals surface area contributed by atoms with E-state index in [1.807, 2.05) is 24.3 Å². The smallest absolute Gasteiger partial charge is 0.265 e. The maximum absolute atomic E-state index is 12.4. The number of nitrogens with zero attached hydrogens (tertiary/aromatic N) is 1. The van der Waals surface area contributed by atoms with Crippen molar-refractivity contribution in [2.45, 2.75) is 37.8 Å². The van der Waals surface area contributed by atoms with Crippen LogP contribution in [-0.2, 0) is 9.59 Å². The molecule has 3 aliphatic rings. The van der Waals surface area contributed by atoms with Gasteiger partial charge in [0.25, 0.3) is 5.91 Å². The molecule has 25 heavy (non-hydrogen) atoms. The second kappa shape index (κ2) is 7.01. The summed E-state index contributed by atoms with van der Waals surface area (Å²) in [6.07, 6.45) is 3.40. The van der Waals surface area contributed by atoms with Crippen LogP contribution in [-0.4, -0.2) is 43.6 Å². The first-order chi connectivity index (χ1) is 12.2. The van der Waals surface area contributed by atoms with E-state index >= 15 is 0 Å². The van der Waals surface area contributed by atoms with Crippen molar-refractivity contribution in [3.05, 3.63) is 24.3 Å². The van der Waals surface area contributed by atoms with E-state index in [0.29, 0.717) is 30.7 Å². The normalized spacial score (nSPS) is 28.1. The molecule has 0 radical (unpaired) electrons. The van der Waals surface area contributed by atoms with Gasteiger partial charge in [0.05, 0.1) is 5.69 Å². The predicted molar refractivity (Wildman–Crippen MR) is 93.1 cm³/mol. The van der Waals surface area contributed by atoms with Crippen LogP contribution in [0.2, 0.25) is 0 Å². The van der Waals surface area contributed by atoms with E-state index in [1.54, 1.807) is 4.90 Å². The molecule has 1 saturated carbocycles. The summed E-state index contributed by atoms with van der Waals surface area (Å²) in [6, 6.07) is 8.22. The number of hydrogen-bond acceptors (Lipinski definition) is 5. The zero-order valence-electron chi connectivity index (χ0n) is 14.2. The van der Waals surface area contributed by atoms with Crippen LogP contribution in [0.3, 0.4) is 0 Å². The third-order valence-corrected chi connectivity index (χ3v) is 5.37. The fourth-order valence-corrected chi connectivity index (χ4v) is 4.04. The van der Waals surface area contributed by atoms with E-state index in [-0.39, 0.29) is 24.5 Å². The van der Waals surface area contributed by atoms with Gasteiger partial charge in [-0.15, -0.1) is 0 Å². The molecule has 4 rings (SSSR count). The van der Waals surface area contributed by atoms with Crippen molar-refractivity contribution in [3.8, 4) is 5.75 Å². The maximum atomic E-state index is 12.4. The first kappa shape index (κ1) is 16.4. The molecular formula is C18H24N4O3. The van der Waals surface area contributed by atoms with Gasteiger partial charge in [-0.05, 0) is 37.3 Å². The minimum Gasteiger partial charge on any atom is -0.482 e. The largest absolute Gasteiger partial charge is 0.482 e. The molecule has 2 heterocycles. The Hall–Kier alpha value is -2.12. The van der Waals surface area contributed by atoms with Crippen molar-refractivity contribution in [1.82, 2.24) is 16.2 Å². The molecule has 0 bridgehead atoms. The SMILES string of the molecule is O=C(CCN1C(=O)COc2ccccc21)NC1CCC2NNCC2C1. The van der Waals surface area contributed by atoms with Crippen LogP contribution >= 0.6 is 0 Å². The van der Waals surface area contributed by atoms with E-state index in [9.17, 15) is 9.59 Å². The van der Waals surface area contributed by atoms with Crippen molar-refractivity contribution in [3.63, 3.8) is 0 Å². The number of ether oxygens (including phenoxy) is 1. The molecule has 2 aliphatic heterocycles. The number of anilines is 1. The van der Waals surface area contributed by atoms with Gasteiger partial charge >= 0.3 is 0 Å². The van der Waals surface area contributed by atoms with Crippen molar-refractivity contribution < 1.29 is 14.3 Å². The Bertz CT molecular complexity index is 665. The second-order valence-corrected chi connectivity index (χ2v) is 7.02. The molecular weight excluding hydrogens is 320 g/mol. The number of para-hydroxylation sites is 2. The van der Waals surface area contributed by atoms with Crippen LogP contribution in [0, 0.1) is 5.92 Å². The Labute approximate surface area is 147 Å². The first-order valence-corrected chi connectivity index (χ1v) is 9.00. The monoisotopic (exact) mass is 344 g/mol. The third kappa shape index (κ3) is 3.48. The number of benzene rings is 1. The highest BCUT2D eigenvalue weighted by molar-refractivity contribution is 5.98. The van der Waals surface area contributed by atoms with E-state index in [4.69, 9.17) is 4.74 Å². The quantitative estimate of drug-likeness (QED) is 0.744. The summed E-state index contributed by atoms with van der Waals surface area (Å²) in [5, 5.41) is 3.15. The molecule has 1 saturated heterocycles. The number of fused-ring (bicyclic) bond motifs is 2. The number of carbonyl (C=O) groups is 2. The minimum atomic E-state index is -0.102. The van der Waals surface area contributed by atoms with Crippen LogP contribution in [0.25, 0.3) is 0 Å². The average molecular weight is 344 g/mol. The lowest BCUT2D eigenvalue weighted by atomic mass is 9.83. The van der Waals surface area contributed by atoms with Gasteiger partial charge in [0.15, 0.2) is 6.61 Å². The number of hydrazine groups is 1. The minimum absolute atomic E-state index is 0.0131. The summed E-state index contributed by atoms with van der Waals surface area (Å²) >= 11 is 0. The molecule has 7 nitrogen and oxygen atoms in total. The second-order valence-electron chi connectivity index (χ2n) is 7.02. The van der Waals surface area contributed by atoms with E-state index in [0.717, 1.165) is 31.5 Å². The molecule has 2 fully saturated rings. The molecule has 3 N–H and O–H groups in total. The Kier molecular flexibility index (Phi) is 4.59.